The summed E-state index contributed by atoms with van der Waals surface area (Å²) < 4.78 is 5.84. The number of aromatic nitrogens is 2. The minimum Gasteiger partial charge on any atom is -0.423 e. The standard InChI is InChI=1S/C23H22N4O2S/c1-14(2)16-8-9-19-18(12-16)24-22(29-19)26-23-25-17-10-11-27(13-20(17)30-23)21(28)15-6-4-3-5-7-15/h3-9,12,14H,10-11,13H2,1-2H3,(H,24,25,26). The third-order valence-electron chi connectivity index (χ3n) is 5.33. The molecular weight excluding hydrogens is 396 g/mol. The van der Waals surface area contributed by atoms with Crippen molar-refractivity contribution in [1.29, 1.82) is 0 Å². The zero-order valence-corrected chi connectivity index (χ0v) is 17.7. The van der Waals surface area contributed by atoms with Gasteiger partial charge in [-0.25, -0.2) is 4.98 Å². The van der Waals surface area contributed by atoms with E-state index in [4.69, 9.17) is 9.40 Å². The number of amides is 1. The van der Waals surface area contributed by atoms with Gasteiger partial charge in [-0.15, -0.1) is 0 Å². The molecule has 3 heterocycles. The van der Waals surface area contributed by atoms with Crippen molar-refractivity contribution in [2.75, 3.05) is 11.9 Å². The topological polar surface area (TPSA) is 71.3 Å². The highest BCUT2D eigenvalue weighted by Crippen LogP contribution is 2.32. The van der Waals surface area contributed by atoms with Gasteiger partial charge in [-0.1, -0.05) is 49.4 Å². The van der Waals surface area contributed by atoms with Gasteiger partial charge in [0.05, 0.1) is 12.2 Å². The largest absolute Gasteiger partial charge is 0.423 e. The Labute approximate surface area is 178 Å². The van der Waals surface area contributed by atoms with Gasteiger partial charge in [-0.2, -0.15) is 4.98 Å². The first-order valence-corrected chi connectivity index (χ1v) is 10.9. The molecule has 6 nitrogen and oxygen atoms in total. The van der Waals surface area contributed by atoms with Crippen molar-refractivity contribution < 1.29 is 9.21 Å². The van der Waals surface area contributed by atoms with Crippen LogP contribution in [0.25, 0.3) is 11.1 Å². The van der Waals surface area contributed by atoms with Crippen molar-refractivity contribution in [3.8, 4) is 0 Å². The first-order chi connectivity index (χ1) is 14.6. The van der Waals surface area contributed by atoms with Crippen molar-refractivity contribution in [2.45, 2.75) is 32.7 Å². The van der Waals surface area contributed by atoms with Crippen LogP contribution in [0.15, 0.2) is 52.9 Å². The Morgan fingerprint density at radius 2 is 2.00 bits per heavy atom. The number of rotatable bonds is 4. The quantitative estimate of drug-likeness (QED) is 0.484. The molecule has 30 heavy (non-hydrogen) atoms. The van der Waals surface area contributed by atoms with Crippen molar-refractivity contribution >= 4 is 39.5 Å². The van der Waals surface area contributed by atoms with Crippen LogP contribution in [0.5, 0.6) is 0 Å². The molecule has 0 saturated heterocycles. The van der Waals surface area contributed by atoms with Crippen LogP contribution in [0.4, 0.5) is 11.1 Å². The Morgan fingerprint density at radius 1 is 1.17 bits per heavy atom. The fourth-order valence-corrected chi connectivity index (χ4v) is 4.65. The van der Waals surface area contributed by atoms with Crippen LogP contribution in [0.2, 0.25) is 0 Å². The molecule has 2 aromatic heterocycles. The average Bonchev–Trinajstić information content (AvgIpc) is 3.35. The van der Waals surface area contributed by atoms with Gasteiger partial charge >= 0.3 is 6.01 Å². The van der Waals surface area contributed by atoms with E-state index in [1.165, 1.54) is 5.56 Å². The van der Waals surface area contributed by atoms with E-state index in [9.17, 15) is 4.79 Å². The van der Waals surface area contributed by atoms with Crippen LogP contribution in [-0.4, -0.2) is 27.3 Å². The van der Waals surface area contributed by atoms with Crippen LogP contribution < -0.4 is 5.32 Å². The molecule has 1 amide bonds. The van der Waals surface area contributed by atoms with Crippen molar-refractivity contribution in [3.05, 3.63) is 70.2 Å². The van der Waals surface area contributed by atoms with Crippen molar-refractivity contribution in [1.82, 2.24) is 14.9 Å². The molecule has 1 aliphatic rings. The molecule has 4 aromatic rings. The maximum atomic E-state index is 12.8. The van der Waals surface area contributed by atoms with E-state index in [1.807, 2.05) is 41.3 Å². The number of carbonyl (C=O) groups excluding carboxylic acids is 1. The van der Waals surface area contributed by atoms with Gasteiger partial charge in [0.2, 0.25) is 0 Å². The predicted octanol–water partition coefficient (Wildman–Crippen LogP) is 5.35. The van der Waals surface area contributed by atoms with Gasteiger partial charge in [0.25, 0.3) is 5.91 Å². The summed E-state index contributed by atoms with van der Waals surface area (Å²) >= 11 is 1.55. The lowest BCUT2D eigenvalue weighted by molar-refractivity contribution is 0.0736. The molecule has 0 aliphatic carbocycles. The lowest BCUT2D eigenvalue weighted by Crippen LogP contribution is -2.35. The molecular formula is C23H22N4O2S. The Balaban J connectivity index is 1.33. The Hall–Kier alpha value is -3.19. The van der Waals surface area contributed by atoms with E-state index in [-0.39, 0.29) is 5.91 Å². The molecule has 0 radical (unpaired) electrons. The summed E-state index contributed by atoms with van der Waals surface area (Å²) in [7, 11) is 0. The van der Waals surface area contributed by atoms with Crippen LogP contribution in [0.3, 0.4) is 0 Å². The fourth-order valence-electron chi connectivity index (χ4n) is 3.63. The second-order valence-electron chi connectivity index (χ2n) is 7.76. The van der Waals surface area contributed by atoms with Crippen LogP contribution in [0.1, 0.15) is 46.3 Å². The lowest BCUT2D eigenvalue weighted by Gasteiger charge is -2.26. The summed E-state index contributed by atoms with van der Waals surface area (Å²) in [6, 6.07) is 15.9. The number of carbonyl (C=O) groups is 1. The molecule has 1 aliphatic heterocycles. The Kier molecular flexibility index (Phi) is 4.75. The zero-order chi connectivity index (χ0) is 20.7. The van der Waals surface area contributed by atoms with E-state index in [0.717, 1.165) is 38.8 Å². The third kappa shape index (κ3) is 3.57. The molecule has 0 fully saturated rings. The van der Waals surface area contributed by atoms with Crippen LogP contribution >= 0.6 is 11.3 Å². The molecule has 1 N–H and O–H groups in total. The molecule has 0 saturated carbocycles. The Morgan fingerprint density at radius 3 is 2.80 bits per heavy atom. The molecule has 2 aromatic carbocycles. The number of benzene rings is 2. The SMILES string of the molecule is CC(C)c1ccc2oc(Nc3nc4c(s3)CN(C(=O)c3ccccc3)CC4)nc2c1. The van der Waals surface area contributed by atoms with Gasteiger partial charge < -0.3 is 9.32 Å². The number of nitrogens with one attached hydrogen (secondary N) is 1. The molecule has 0 atom stereocenters. The first-order valence-electron chi connectivity index (χ1n) is 10.1. The monoisotopic (exact) mass is 418 g/mol. The van der Waals surface area contributed by atoms with E-state index >= 15 is 0 Å². The minimum atomic E-state index is 0.0593. The number of thiazole rings is 1. The highest BCUT2D eigenvalue weighted by Gasteiger charge is 2.25. The van der Waals surface area contributed by atoms with E-state index < -0.39 is 0 Å². The molecule has 0 spiro atoms. The first kappa shape index (κ1) is 18.8. The number of hydrogen-bond acceptors (Lipinski definition) is 6. The number of fused-ring (bicyclic) bond motifs is 2. The van der Waals surface area contributed by atoms with E-state index in [1.54, 1.807) is 11.3 Å². The van der Waals surface area contributed by atoms with E-state index in [2.05, 4.69) is 36.3 Å². The van der Waals surface area contributed by atoms with Crippen LogP contribution in [0, 0.1) is 0 Å². The minimum absolute atomic E-state index is 0.0593. The number of nitrogens with zero attached hydrogens (tertiary/aromatic N) is 3. The summed E-state index contributed by atoms with van der Waals surface area (Å²) in [6.45, 7) is 5.57. The Bertz CT molecular complexity index is 1210. The van der Waals surface area contributed by atoms with Crippen molar-refractivity contribution in [2.24, 2.45) is 0 Å². The van der Waals surface area contributed by atoms with Crippen molar-refractivity contribution in [3.63, 3.8) is 0 Å². The van der Waals surface area contributed by atoms with Gasteiger partial charge in [0.1, 0.15) is 5.52 Å². The number of anilines is 2. The molecule has 5 rings (SSSR count). The van der Waals surface area contributed by atoms with Gasteiger partial charge in [0.15, 0.2) is 10.7 Å². The van der Waals surface area contributed by atoms with Gasteiger partial charge in [-0.05, 0) is 35.7 Å². The summed E-state index contributed by atoms with van der Waals surface area (Å²) in [5, 5.41) is 3.94. The predicted molar refractivity (Wildman–Crippen MR) is 118 cm³/mol. The van der Waals surface area contributed by atoms with Gasteiger partial charge in [0, 0.05) is 23.4 Å². The molecule has 0 unspecified atom stereocenters. The second-order valence-corrected chi connectivity index (χ2v) is 8.84. The average molecular weight is 419 g/mol. The third-order valence-corrected chi connectivity index (χ3v) is 6.33. The van der Waals surface area contributed by atoms with E-state index in [0.29, 0.717) is 25.0 Å². The highest BCUT2D eigenvalue weighted by molar-refractivity contribution is 7.15. The maximum Gasteiger partial charge on any atom is 0.302 e. The summed E-state index contributed by atoms with van der Waals surface area (Å²) in [5.41, 5.74) is 4.58. The summed E-state index contributed by atoms with van der Waals surface area (Å²) in [6.07, 6.45) is 0.747. The number of oxazole rings is 1. The van der Waals surface area contributed by atoms with Gasteiger partial charge in [-0.3, -0.25) is 10.1 Å². The normalized spacial score (nSPS) is 13.6. The lowest BCUT2D eigenvalue weighted by atomic mass is 10.0. The van der Waals surface area contributed by atoms with Crippen LogP contribution in [-0.2, 0) is 13.0 Å². The fraction of sp³-hybridized carbons (Fsp3) is 0.261. The number of hydrogen-bond donors (Lipinski definition) is 1. The zero-order valence-electron chi connectivity index (χ0n) is 16.9. The molecule has 152 valence electrons. The second kappa shape index (κ2) is 7.57. The summed E-state index contributed by atoms with van der Waals surface area (Å²) in [5.74, 6) is 0.499. The smallest absolute Gasteiger partial charge is 0.302 e. The summed E-state index contributed by atoms with van der Waals surface area (Å²) in [4.78, 5) is 25.0. The highest BCUT2D eigenvalue weighted by atomic mass is 32.1. The molecule has 0 bridgehead atoms. The molecule has 7 heteroatoms. The maximum absolute atomic E-state index is 12.8.